The number of aromatic nitrogens is 8. The molecule has 0 amide bonds. The standard InChI is InChI=1S/4C4H6N2.Cu/c4*1-6-3-2-5-4-6;/h4*2-4H,1H3;. The molecule has 0 spiro atoms. The molecular weight excluding hydrogens is 368 g/mol. The Hall–Kier alpha value is -2.64. The van der Waals surface area contributed by atoms with Crippen LogP contribution < -0.4 is 0 Å². The smallest absolute Gasteiger partial charge is 0.0943 e. The van der Waals surface area contributed by atoms with Crippen LogP contribution in [0.1, 0.15) is 0 Å². The van der Waals surface area contributed by atoms with E-state index in [4.69, 9.17) is 0 Å². The Kier molecular flexibility index (Phi) is 12.3. The summed E-state index contributed by atoms with van der Waals surface area (Å²) >= 11 is 0. The molecule has 0 atom stereocenters. The number of imidazole rings is 4. The van der Waals surface area contributed by atoms with Gasteiger partial charge in [0.05, 0.1) is 25.3 Å². The van der Waals surface area contributed by atoms with Crippen molar-refractivity contribution >= 4 is 0 Å². The van der Waals surface area contributed by atoms with Crippen molar-refractivity contribution in [2.24, 2.45) is 28.2 Å². The van der Waals surface area contributed by atoms with Crippen LogP contribution >= 0.6 is 0 Å². The van der Waals surface area contributed by atoms with Crippen LogP contribution in [0.4, 0.5) is 0 Å². The molecule has 4 aromatic heterocycles. The summed E-state index contributed by atoms with van der Waals surface area (Å²) in [7, 11) is 7.75. The summed E-state index contributed by atoms with van der Waals surface area (Å²) in [6, 6.07) is 0. The van der Waals surface area contributed by atoms with Gasteiger partial charge < -0.3 is 18.3 Å². The van der Waals surface area contributed by atoms with E-state index < -0.39 is 0 Å². The molecule has 0 N–H and O–H groups in total. The molecule has 0 bridgehead atoms. The molecule has 25 heavy (non-hydrogen) atoms. The molecule has 8 nitrogen and oxygen atoms in total. The monoisotopic (exact) mass is 391 g/mol. The van der Waals surface area contributed by atoms with Crippen molar-refractivity contribution in [3.8, 4) is 0 Å². The summed E-state index contributed by atoms with van der Waals surface area (Å²) in [5.74, 6) is 0. The number of nitrogens with zero attached hydrogens (tertiary/aromatic N) is 8. The van der Waals surface area contributed by atoms with Crippen LogP contribution in [0.5, 0.6) is 0 Å². The average Bonchev–Trinajstić information content (AvgIpc) is 3.31. The molecule has 0 aliphatic rings. The van der Waals surface area contributed by atoms with Crippen LogP contribution in [0.2, 0.25) is 0 Å². The Labute approximate surface area is 158 Å². The molecule has 9 heteroatoms. The van der Waals surface area contributed by atoms with E-state index in [9.17, 15) is 0 Å². The van der Waals surface area contributed by atoms with Crippen LogP contribution in [0.25, 0.3) is 0 Å². The number of hydrogen-bond donors (Lipinski definition) is 0. The van der Waals surface area contributed by atoms with Crippen molar-refractivity contribution < 1.29 is 17.1 Å². The predicted molar refractivity (Wildman–Crippen MR) is 92.8 cm³/mol. The van der Waals surface area contributed by atoms with Gasteiger partial charge in [0.15, 0.2) is 0 Å². The normalized spacial score (nSPS) is 8.48. The Balaban J connectivity index is 0.000000303. The van der Waals surface area contributed by atoms with Gasteiger partial charge in [0, 0.05) is 94.8 Å². The molecule has 0 unspecified atom stereocenters. The fraction of sp³-hybridized carbons (Fsp3) is 0.250. The van der Waals surface area contributed by atoms with Crippen molar-refractivity contribution in [3.63, 3.8) is 0 Å². The van der Waals surface area contributed by atoms with Crippen LogP contribution in [0, 0.1) is 0 Å². The summed E-state index contributed by atoms with van der Waals surface area (Å²) in [5, 5.41) is 0. The molecule has 0 aliphatic carbocycles. The van der Waals surface area contributed by atoms with Crippen molar-refractivity contribution in [1.82, 2.24) is 38.2 Å². The first-order chi connectivity index (χ1) is 11.6. The van der Waals surface area contributed by atoms with Crippen LogP contribution in [-0.2, 0) is 45.3 Å². The molecule has 4 heterocycles. The third kappa shape index (κ3) is 12.4. The van der Waals surface area contributed by atoms with E-state index in [-0.39, 0.29) is 17.1 Å². The molecule has 0 aliphatic heterocycles. The van der Waals surface area contributed by atoms with Gasteiger partial charge in [0.25, 0.3) is 0 Å². The Morgan fingerprint density at radius 1 is 0.440 bits per heavy atom. The van der Waals surface area contributed by atoms with Gasteiger partial charge in [-0.3, -0.25) is 0 Å². The van der Waals surface area contributed by atoms with Gasteiger partial charge in [-0.15, -0.1) is 0 Å². The largest absolute Gasteiger partial charge is 0.341 e. The number of rotatable bonds is 0. The Bertz CT molecular complexity index is 571. The van der Waals surface area contributed by atoms with Gasteiger partial charge in [-0.2, -0.15) is 0 Å². The molecule has 0 fully saturated rings. The minimum atomic E-state index is 0. The van der Waals surface area contributed by atoms with Crippen LogP contribution in [0.3, 0.4) is 0 Å². The van der Waals surface area contributed by atoms with Gasteiger partial charge in [-0.1, -0.05) is 0 Å². The number of aryl methyl sites for hydroxylation is 4. The molecule has 1 radical (unpaired) electrons. The average molecular weight is 392 g/mol. The van der Waals surface area contributed by atoms with E-state index in [0.717, 1.165) is 0 Å². The van der Waals surface area contributed by atoms with Crippen molar-refractivity contribution in [2.45, 2.75) is 0 Å². The van der Waals surface area contributed by atoms with Crippen molar-refractivity contribution in [3.05, 3.63) is 74.9 Å². The molecule has 4 rings (SSSR count). The zero-order valence-electron chi connectivity index (χ0n) is 14.8. The maximum Gasteiger partial charge on any atom is 0.0943 e. The molecule has 4 aromatic rings. The minimum absolute atomic E-state index is 0. The van der Waals surface area contributed by atoms with E-state index in [1.165, 1.54) is 0 Å². The fourth-order valence-corrected chi connectivity index (χ4v) is 1.30. The zero-order valence-corrected chi connectivity index (χ0v) is 15.7. The van der Waals surface area contributed by atoms with Crippen LogP contribution in [-0.4, -0.2) is 38.2 Å². The summed E-state index contributed by atoms with van der Waals surface area (Å²) in [6.07, 6.45) is 21.6. The molecule has 139 valence electrons. The maximum absolute atomic E-state index is 3.78. The second kappa shape index (κ2) is 13.8. The van der Waals surface area contributed by atoms with Gasteiger partial charge in [-0.05, 0) is 0 Å². The SMILES string of the molecule is Cn1ccnc1.Cn1ccnc1.Cn1ccnc1.Cn1ccnc1.[Cu]. The first kappa shape index (κ1) is 22.4. The molecule has 0 saturated heterocycles. The van der Waals surface area contributed by atoms with Crippen molar-refractivity contribution in [1.29, 1.82) is 0 Å². The quantitative estimate of drug-likeness (QED) is 0.427. The first-order valence-electron chi connectivity index (χ1n) is 7.25. The van der Waals surface area contributed by atoms with Gasteiger partial charge in [0.2, 0.25) is 0 Å². The predicted octanol–water partition coefficient (Wildman–Crippen LogP) is 1.68. The van der Waals surface area contributed by atoms with Gasteiger partial charge in [0.1, 0.15) is 0 Å². The van der Waals surface area contributed by atoms with Gasteiger partial charge >= 0.3 is 0 Å². The second-order valence-corrected chi connectivity index (χ2v) is 4.91. The Morgan fingerprint density at radius 2 is 0.640 bits per heavy atom. The molecule has 0 saturated carbocycles. The third-order valence-corrected chi connectivity index (χ3v) is 2.55. The number of hydrogen-bond acceptors (Lipinski definition) is 4. The Morgan fingerprint density at radius 3 is 0.680 bits per heavy atom. The zero-order chi connectivity index (χ0) is 17.6. The summed E-state index contributed by atoms with van der Waals surface area (Å²) < 4.78 is 7.56. The van der Waals surface area contributed by atoms with E-state index in [1.54, 1.807) is 50.1 Å². The third-order valence-electron chi connectivity index (χ3n) is 2.55. The second-order valence-electron chi connectivity index (χ2n) is 4.91. The van der Waals surface area contributed by atoms with Crippen molar-refractivity contribution in [2.75, 3.05) is 0 Å². The van der Waals surface area contributed by atoms with E-state index in [1.807, 2.05) is 71.2 Å². The van der Waals surface area contributed by atoms with Crippen LogP contribution in [0.15, 0.2) is 74.9 Å². The summed E-state index contributed by atoms with van der Waals surface area (Å²) in [6.45, 7) is 0. The minimum Gasteiger partial charge on any atom is -0.341 e. The fourth-order valence-electron chi connectivity index (χ4n) is 1.30. The molecule has 0 aromatic carbocycles. The first-order valence-corrected chi connectivity index (χ1v) is 7.25. The summed E-state index contributed by atoms with van der Waals surface area (Å²) in [4.78, 5) is 15.1. The van der Waals surface area contributed by atoms with E-state index in [0.29, 0.717) is 0 Å². The van der Waals surface area contributed by atoms with E-state index >= 15 is 0 Å². The maximum atomic E-state index is 3.78. The van der Waals surface area contributed by atoms with E-state index in [2.05, 4.69) is 19.9 Å². The van der Waals surface area contributed by atoms with Gasteiger partial charge in [-0.25, -0.2) is 19.9 Å². The topological polar surface area (TPSA) is 71.3 Å². The summed E-state index contributed by atoms with van der Waals surface area (Å²) in [5.41, 5.74) is 0. The molecular formula is C16H24CuN8.